The normalized spacial score (nSPS) is 15.1. The zero-order valence-corrected chi connectivity index (χ0v) is 16.6. The van der Waals surface area contributed by atoms with Crippen molar-refractivity contribution in [2.45, 2.75) is 25.8 Å². The molecule has 1 fully saturated rings. The van der Waals surface area contributed by atoms with Crippen LogP contribution >= 0.6 is 11.6 Å². The lowest BCUT2D eigenvalue weighted by Crippen LogP contribution is -2.38. The number of rotatable bonds is 6. The van der Waals surface area contributed by atoms with E-state index in [-0.39, 0.29) is 18.0 Å². The first-order valence-electron chi connectivity index (χ1n) is 9.44. The van der Waals surface area contributed by atoms with Crippen molar-refractivity contribution in [2.75, 3.05) is 30.3 Å². The van der Waals surface area contributed by atoms with Crippen LogP contribution in [-0.2, 0) is 4.79 Å². The summed E-state index contributed by atoms with van der Waals surface area (Å²) >= 11 is 6.22. The van der Waals surface area contributed by atoms with E-state index < -0.39 is 0 Å². The summed E-state index contributed by atoms with van der Waals surface area (Å²) in [6.45, 7) is 4.02. The van der Waals surface area contributed by atoms with Crippen molar-refractivity contribution >= 4 is 34.9 Å². The highest BCUT2D eigenvalue weighted by Crippen LogP contribution is 2.26. The zero-order valence-electron chi connectivity index (χ0n) is 15.9. The molecule has 1 aliphatic rings. The number of amides is 3. The predicted molar refractivity (Wildman–Crippen MR) is 113 cm³/mol. The van der Waals surface area contributed by atoms with E-state index in [9.17, 15) is 9.59 Å². The molecule has 1 atom stereocenters. The summed E-state index contributed by atoms with van der Waals surface area (Å²) in [5.74, 6) is -0.177. The maximum absolute atomic E-state index is 12.4. The molecule has 28 heavy (non-hydrogen) atoms. The van der Waals surface area contributed by atoms with Crippen LogP contribution in [0.5, 0.6) is 0 Å². The Morgan fingerprint density at radius 2 is 1.79 bits per heavy atom. The molecule has 1 unspecified atom stereocenters. The lowest BCUT2D eigenvalue weighted by Gasteiger charge is -2.28. The Kier molecular flexibility index (Phi) is 6.90. The number of hydrogen-bond acceptors (Lipinski definition) is 3. The van der Waals surface area contributed by atoms with E-state index >= 15 is 0 Å². The molecule has 2 aromatic carbocycles. The number of likely N-dealkylation sites (tertiary alicyclic amines) is 1. The molecule has 6 nitrogen and oxygen atoms in total. The molecule has 0 aromatic heterocycles. The summed E-state index contributed by atoms with van der Waals surface area (Å²) in [7, 11) is 0. The molecule has 2 aromatic rings. The number of urea groups is 1. The number of nitrogens with one attached hydrogen (secondary N) is 3. The van der Waals surface area contributed by atoms with Crippen molar-refractivity contribution in [3.8, 4) is 0 Å². The van der Waals surface area contributed by atoms with Crippen LogP contribution in [0.15, 0.2) is 48.5 Å². The van der Waals surface area contributed by atoms with Gasteiger partial charge in [-0.2, -0.15) is 0 Å². The van der Waals surface area contributed by atoms with Gasteiger partial charge in [-0.15, -0.1) is 0 Å². The summed E-state index contributed by atoms with van der Waals surface area (Å²) in [4.78, 5) is 25.9. The minimum Gasteiger partial charge on any atom is -0.336 e. The summed E-state index contributed by atoms with van der Waals surface area (Å²) in [5, 5.41) is 8.76. The van der Waals surface area contributed by atoms with E-state index in [4.69, 9.17) is 11.6 Å². The van der Waals surface area contributed by atoms with Crippen molar-refractivity contribution in [1.82, 2.24) is 10.2 Å². The molecule has 0 bridgehead atoms. The number of carbonyl (C=O) groups is 2. The number of carbonyl (C=O) groups excluding carboxylic acids is 2. The smallest absolute Gasteiger partial charge is 0.319 e. The third kappa shape index (κ3) is 5.47. The SMILES string of the molecule is CC(=O)Nc1ccc(NC(=O)NCC(c2ccccc2)N2CCCC2)c(Cl)c1. The van der Waals surface area contributed by atoms with Crippen molar-refractivity contribution in [3.05, 3.63) is 59.1 Å². The van der Waals surface area contributed by atoms with Crippen LogP contribution in [0.4, 0.5) is 16.2 Å². The summed E-state index contributed by atoms with van der Waals surface area (Å²) in [6, 6.07) is 15.0. The Bertz CT molecular complexity index is 822. The molecule has 0 spiro atoms. The zero-order chi connectivity index (χ0) is 19.9. The summed E-state index contributed by atoms with van der Waals surface area (Å²) in [5.41, 5.74) is 2.27. The molecule has 0 radical (unpaired) electrons. The van der Waals surface area contributed by atoms with Crippen LogP contribution in [0.1, 0.15) is 31.4 Å². The van der Waals surface area contributed by atoms with E-state index in [1.54, 1.807) is 18.2 Å². The molecule has 3 amide bonds. The van der Waals surface area contributed by atoms with E-state index in [0.717, 1.165) is 13.1 Å². The molecular formula is C21H25ClN4O2. The van der Waals surface area contributed by atoms with Crippen LogP contribution in [0.2, 0.25) is 5.02 Å². The van der Waals surface area contributed by atoms with Gasteiger partial charge < -0.3 is 16.0 Å². The fourth-order valence-electron chi connectivity index (χ4n) is 3.44. The lowest BCUT2D eigenvalue weighted by atomic mass is 10.1. The quantitative estimate of drug-likeness (QED) is 0.678. The van der Waals surface area contributed by atoms with Crippen molar-refractivity contribution in [1.29, 1.82) is 0 Å². The van der Waals surface area contributed by atoms with E-state index in [1.165, 1.54) is 25.3 Å². The molecule has 7 heteroatoms. The number of anilines is 2. The number of halogens is 1. The Balaban J connectivity index is 1.61. The van der Waals surface area contributed by atoms with Gasteiger partial charge in [0.15, 0.2) is 0 Å². The van der Waals surface area contributed by atoms with Crippen LogP contribution in [-0.4, -0.2) is 36.5 Å². The average molecular weight is 401 g/mol. The maximum atomic E-state index is 12.4. The first-order valence-corrected chi connectivity index (χ1v) is 9.82. The molecule has 0 saturated carbocycles. The summed E-state index contributed by atoms with van der Waals surface area (Å²) in [6.07, 6.45) is 2.37. The van der Waals surface area contributed by atoms with Gasteiger partial charge in [0.05, 0.1) is 16.8 Å². The third-order valence-electron chi connectivity index (χ3n) is 4.76. The van der Waals surface area contributed by atoms with Gasteiger partial charge >= 0.3 is 6.03 Å². The molecule has 1 saturated heterocycles. The van der Waals surface area contributed by atoms with Gasteiger partial charge in [0.2, 0.25) is 5.91 Å². The van der Waals surface area contributed by atoms with E-state index in [2.05, 4.69) is 33.0 Å². The maximum Gasteiger partial charge on any atom is 0.319 e. The Morgan fingerprint density at radius 1 is 1.07 bits per heavy atom. The Morgan fingerprint density at radius 3 is 2.43 bits per heavy atom. The van der Waals surface area contributed by atoms with E-state index in [1.807, 2.05) is 18.2 Å². The fourth-order valence-corrected chi connectivity index (χ4v) is 3.67. The van der Waals surface area contributed by atoms with Gasteiger partial charge in [0, 0.05) is 19.2 Å². The van der Waals surface area contributed by atoms with Gasteiger partial charge in [-0.3, -0.25) is 9.69 Å². The Labute approximate surface area is 170 Å². The van der Waals surface area contributed by atoms with Crippen LogP contribution < -0.4 is 16.0 Å². The largest absolute Gasteiger partial charge is 0.336 e. The fraction of sp³-hybridized carbons (Fsp3) is 0.333. The highest BCUT2D eigenvalue weighted by atomic mass is 35.5. The number of hydrogen-bond donors (Lipinski definition) is 3. The van der Waals surface area contributed by atoms with Gasteiger partial charge in [-0.1, -0.05) is 41.9 Å². The van der Waals surface area contributed by atoms with Crippen molar-refractivity contribution in [2.24, 2.45) is 0 Å². The second kappa shape index (κ2) is 9.57. The second-order valence-electron chi connectivity index (χ2n) is 6.88. The number of benzene rings is 2. The first kappa shape index (κ1) is 20.2. The second-order valence-corrected chi connectivity index (χ2v) is 7.29. The minimum absolute atomic E-state index is 0.145. The van der Waals surface area contributed by atoms with Gasteiger partial charge in [0.25, 0.3) is 0 Å². The van der Waals surface area contributed by atoms with Crippen molar-refractivity contribution < 1.29 is 9.59 Å². The van der Waals surface area contributed by atoms with Crippen LogP contribution in [0.3, 0.4) is 0 Å². The van der Waals surface area contributed by atoms with E-state index in [0.29, 0.717) is 22.9 Å². The Hall–Kier alpha value is -2.57. The van der Waals surface area contributed by atoms with Gasteiger partial charge in [-0.25, -0.2) is 4.79 Å². The van der Waals surface area contributed by atoms with Gasteiger partial charge in [0.1, 0.15) is 0 Å². The molecule has 148 valence electrons. The molecule has 0 aliphatic carbocycles. The third-order valence-corrected chi connectivity index (χ3v) is 5.07. The molecule has 1 aliphatic heterocycles. The molecule has 3 rings (SSSR count). The van der Waals surface area contributed by atoms with Crippen molar-refractivity contribution in [3.63, 3.8) is 0 Å². The standard InChI is InChI=1S/C21H25ClN4O2/c1-15(27)24-17-9-10-19(18(22)13-17)25-21(28)23-14-20(26-11-5-6-12-26)16-7-3-2-4-8-16/h2-4,7-10,13,20H,5-6,11-12,14H2,1H3,(H,24,27)(H2,23,25,28). The minimum atomic E-state index is -0.311. The highest BCUT2D eigenvalue weighted by molar-refractivity contribution is 6.34. The average Bonchev–Trinajstić information content (AvgIpc) is 3.19. The molecule has 3 N–H and O–H groups in total. The van der Waals surface area contributed by atoms with Gasteiger partial charge in [-0.05, 0) is 49.7 Å². The molecular weight excluding hydrogens is 376 g/mol. The summed E-state index contributed by atoms with van der Waals surface area (Å²) < 4.78 is 0. The predicted octanol–water partition coefficient (Wildman–Crippen LogP) is 4.26. The topological polar surface area (TPSA) is 73.5 Å². The first-order chi connectivity index (χ1) is 13.5. The molecule has 1 heterocycles. The van der Waals surface area contributed by atoms with Crippen LogP contribution in [0.25, 0.3) is 0 Å². The van der Waals surface area contributed by atoms with Crippen LogP contribution in [0, 0.1) is 0 Å². The lowest BCUT2D eigenvalue weighted by molar-refractivity contribution is -0.114. The number of nitrogens with zero attached hydrogens (tertiary/aromatic N) is 1. The highest BCUT2D eigenvalue weighted by Gasteiger charge is 2.23. The monoisotopic (exact) mass is 400 g/mol.